The van der Waals surface area contributed by atoms with E-state index in [1.165, 1.54) is 12.8 Å². The molecule has 0 aromatic carbocycles. The summed E-state index contributed by atoms with van der Waals surface area (Å²) in [5, 5.41) is 7.87. The third-order valence-corrected chi connectivity index (χ3v) is 2.67. The number of nitrogens with one attached hydrogen (secondary N) is 1. The van der Waals surface area contributed by atoms with Gasteiger partial charge in [0.2, 0.25) is 0 Å². The van der Waals surface area contributed by atoms with Crippen molar-refractivity contribution in [3.63, 3.8) is 0 Å². The van der Waals surface area contributed by atoms with E-state index in [2.05, 4.69) is 4.98 Å². The average molecular weight is 192 g/mol. The SMILES string of the molecule is CN(Cc1nccn1C)C(=N)C1CC1. The summed E-state index contributed by atoms with van der Waals surface area (Å²) in [7, 11) is 3.95. The van der Waals surface area contributed by atoms with Crippen LogP contribution in [0, 0.1) is 11.3 Å². The molecule has 0 radical (unpaired) electrons. The Balaban J connectivity index is 1.96. The van der Waals surface area contributed by atoms with E-state index in [0.717, 1.165) is 18.2 Å². The van der Waals surface area contributed by atoms with Crippen LogP contribution in [0.3, 0.4) is 0 Å². The quantitative estimate of drug-likeness (QED) is 0.578. The maximum atomic E-state index is 7.87. The molecule has 0 saturated heterocycles. The number of amidine groups is 1. The van der Waals surface area contributed by atoms with Crippen LogP contribution in [0.25, 0.3) is 0 Å². The summed E-state index contributed by atoms with van der Waals surface area (Å²) in [4.78, 5) is 6.23. The van der Waals surface area contributed by atoms with Crippen molar-refractivity contribution in [2.45, 2.75) is 19.4 Å². The lowest BCUT2D eigenvalue weighted by Crippen LogP contribution is -2.28. The highest BCUT2D eigenvalue weighted by atomic mass is 15.2. The van der Waals surface area contributed by atoms with Crippen molar-refractivity contribution in [1.82, 2.24) is 14.5 Å². The zero-order valence-corrected chi connectivity index (χ0v) is 8.70. The normalized spacial score (nSPS) is 15.6. The van der Waals surface area contributed by atoms with Gasteiger partial charge in [-0.05, 0) is 12.8 Å². The van der Waals surface area contributed by atoms with Gasteiger partial charge < -0.3 is 9.47 Å². The Hall–Kier alpha value is -1.32. The molecule has 1 aromatic rings. The fourth-order valence-electron chi connectivity index (χ4n) is 1.51. The van der Waals surface area contributed by atoms with Gasteiger partial charge in [-0.2, -0.15) is 0 Å². The van der Waals surface area contributed by atoms with Crippen LogP contribution in [0.5, 0.6) is 0 Å². The van der Waals surface area contributed by atoms with Crippen molar-refractivity contribution in [3.8, 4) is 0 Å². The molecule has 1 aliphatic rings. The number of hydrogen-bond acceptors (Lipinski definition) is 2. The minimum absolute atomic E-state index is 0.514. The molecule has 1 aliphatic carbocycles. The predicted molar refractivity (Wildman–Crippen MR) is 55.1 cm³/mol. The van der Waals surface area contributed by atoms with Gasteiger partial charge in [0.25, 0.3) is 0 Å². The number of aryl methyl sites for hydroxylation is 1. The fourth-order valence-corrected chi connectivity index (χ4v) is 1.51. The van der Waals surface area contributed by atoms with E-state index in [9.17, 15) is 0 Å². The molecule has 4 heteroatoms. The van der Waals surface area contributed by atoms with Gasteiger partial charge >= 0.3 is 0 Å². The minimum Gasteiger partial charge on any atom is -0.356 e. The van der Waals surface area contributed by atoms with Crippen LogP contribution in [-0.2, 0) is 13.6 Å². The summed E-state index contributed by atoms with van der Waals surface area (Å²) in [6.45, 7) is 0.735. The van der Waals surface area contributed by atoms with E-state index < -0.39 is 0 Å². The molecular formula is C10H16N4. The van der Waals surface area contributed by atoms with Crippen molar-refractivity contribution in [3.05, 3.63) is 18.2 Å². The Bertz CT molecular complexity index is 338. The molecule has 1 heterocycles. The molecule has 1 N–H and O–H groups in total. The van der Waals surface area contributed by atoms with Crippen LogP contribution < -0.4 is 0 Å². The van der Waals surface area contributed by atoms with Crippen molar-refractivity contribution >= 4 is 5.84 Å². The Kier molecular flexibility index (Phi) is 2.27. The second-order valence-corrected chi connectivity index (χ2v) is 3.97. The van der Waals surface area contributed by atoms with E-state index in [4.69, 9.17) is 5.41 Å². The zero-order valence-electron chi connectivity index (χ0n) is 8.70. The molecule has 1 aromatic heterocycles. The Morgan fingerprint density at radius 1 is 1.71 bits per heavy atom. The molecule has 0 atom stereocenters. The summed E-state index contributed by atoms with van der Waals surface area (Å²) in [5.41, 5.74) is 0. The van der Waals surface area contributed by atoms with Gasteiger partial charge in [-0.15, -0.1) is 0 Å². The first-order valence-corrected chi connectivity index (χ1v) is 4.94. The molecule has 76 valence electrons. The highest BCUT2D eigenvalue weighted by Crippen LogP contribution is 2.31. The van der Waals surface area contributed by atoms with Crippen LogP contribution in [0.1, 0.15) is 18.7 Å². The van der Waals surface area contributed by atoms with Gasteiger partial charge in [-0.3, -0.25) is 5.41 Å². The third-order valence-electron chi connectivity index (χ3n) is 2.67. The molecule has 0 amide bonds. The third kappa shape index (κ3) is 1.78. The zero-order chi connectivity index (χ0) is 10.1. The lowest BCUT2D eigenvalue weighted by molar-refractivity contribution is 0.457. The Morgan fingerprint density at radius 2 is 2.43 bits per heavy atom. The van der Waals surface area contributed by atoms with Crippen molar-refractivity contribution in [2.24, 2.45) is 13.0 Å². The van der Waals surface area contributed by atoms with E-state index in [0.29, 0.717) is 5.92 Å². The highest BCUT2D eigenvalue weighted by Gasteiger charge is 2.28. The molecule has 0 bridgehead atoms. The van der Waals surface area contributed by atoms with Crippen LogP contribution in [-0.4, -0.2) is 27.3 Å². The highest BCUT2D eigenvalue weighted by molar-refractivity contribution is 5.83. The summed E-state index contributed by atoms with van der Waals surface area (Å²) >= 11 is 0. The molecule has 4 nitrogen and oxygen atoms in total. The maximum absolute atomic E-state index is 7.87. The van der Waals surface area contributed by atoms with Crippen LogP contribution in [0.2, 0.25) is 0 Å². The lowest BCUT2D eigenvalue weighted by atomic mass is 10.3. The number of hydrogen-bond donors (Lipinski definition) is 1. The molecule has 1 saturated carbocycles. The first kappa shape index (κ1) is 9.24. The summed E-state index contributed by atoms with van der Waals surface area (Å²) < 4.78 is 2.00. The van der Waals surface area contributed by atoms with Gasteiger partial charge in [-0.25, -0.2) is 4.98 Å². The first-order valence-electron chi connectivity index (χ1n) is 4.94. The first-order chi connectivity index (χ1) is 6.68. The monoisotopic (exact) mass is 192 g/mol. The smallest absolute Gasteiger partial charge is 0.128 e. The number of nitrogens with zero attached hydrogens (tertiary/aromatic N) is 3. The van der Waals surface area contributed by atoms with Gasteiger partial charge in [0, 0.05) is 32.4 Å². The van der Waals surface area contributed by atoms with Gasteiger partial charge in [-0.1, -0.05) is 0 Å². The summed E-state index contributed by atoms with van der Waals surface area (Å²) in [5.74, 6) is 2.28. The van der Waals surface area contributed by atoms with E-state index in [-0.39, 0.29) is 0 Å². The fraction of sp³-hybridized carbons (Fsp3) is 0.600. The van der Waals surface area contributed by atoms with Crippen LogP contribution in [0.4, 0.5) is 0 Å². The second kappa shape index (κ2) is 3.44. The van der Waals surface area contributed by atoms with Crippen molar-refractivity contribution < 1.29 is 0 Å². The Labute approximate surface area is 84.1 Å². The summed E-state index contributed by atoms with van der Waals surface area (Å²) in [6.07, 6.45) is 6.10. The van der Waals surface area contributed by atoms with E-state index >= 15 is 0 Å². The van der Waals surface area contributed by atoms with E-state index in [1.807, 2.05) is 29.8 Å². The molecule has 2 rings (SSSR count). The number of imidazole rings is 1. The number of rotatable bonds is 3. The van der Waals surface area contributed by atoms with Gasteiger partial charge in [0.05, 0.1) is 12.4 Å². The van der Waals surface area contributed by atoms with Gasteiger partial charge in [0.15, 0.2) is 0 Å². The van der Waals surface area contributed by atoms with Gasteiger partial charge in [0.1, 0.15) is 5.82 Å². The average Bonchev–Trinajstić information content (AvgIpc) is 2.92. The summed E-state index contributed by atoms with van der Waals surface area (Å²) in [6, 6.07) is 0. The predicted octanol–water partition coefficient (Wildman–Crippen LogP) is 1.24. The van der Waals surface area contributed by atoms with Crippen LogP contribution in [0.15, 0.2) is 12.4 Å². The molecule has 1 fully saturated rings. The Morgan fingerprint density at radius 3 is 2.93 bits per heavy atom. The molecule has 0 spiro atoms. The van der Waals surface area contributed by atoms with Crippen LogP contribution >= 0.6 is 0 Å². The lowest BCUT2D eigenvalue weighted by Gasteiger charge is -2.19. The van der Waals surface area contributed by atoms with Crippen molar-refractivity contribution in [2.75, 3.05) is 7.05 Å². The second-order valence-electron chi connectivity index (χ2n) is 3.97. The maximum Gasteiger partial charge on any atom is 0.128 e. The standard InChI is InChI=1S/C10H16N4/c1-13-6-5-12-9(13)7-14(2)10(11)8-3-4-8/h5-6,8,11H,3-4,7H2,1-2H3. The molecule has 0 aliphatic heterocycles. The topological polar surface area (TPSA) is 44.9 Å². The molecular weight excluding hydrogens is 176 g/mol. The van der Waals surface area contributed by atoms with Crippen molar-refractivity contribution in [1.29, 1.82) is 5.41 Å². The van der Waals surface area contributed by atoms with E-state index in [1.54, 1.807) is 6.20 Å². The minimum atomic E-state index is 0.514. The molecule has 0 unspecified atom stereocenters. The number of aromatic nitrogens is 2. The molecule has 14 heavy (non-hydrogen) atoms. The largest absolute Gasteiger partial charge is 0.356 e.